The van der Waals surface area contributed by atoms with Gasteiger partial charge in [0.1, 0.15) is 5.69 Å². The molecular weight excluding hydrogens is 255 g/mol. The van der Waals surface area contributed by atoms with E-state index in [4.69, 9.17) is 0 Å². The molecule has 1 saturated heterocycles. The van der Waals surface area contributed by atoms with Crippen molar-refractivity contribution in [3.63, 3.8) is 0 Å². The minimum Gasteiger partial charge on any atom is -0.317 e. The van der Waals surface area contributed by atoms with Crippen molar-refractivity contribution in [2.45, 2.75) is 51.7 Å². The topological polar surface area (TPSA) is 29.9 Å². The van der Waals surface area contributed by atoms with Crippen LogP contribution < -0.4 is 5.32 Å². The molecule has 1 aromatic heterocycles. The van der Waals surface area contributed by atoms with Gasteiger partial charge in [0.2, 0.25) is 0 Å². The van der Waals surface area contributed by atoms with Crippen molar-refractivity contribution in [3.8, 4) is 0 Å². The zero-order valence-electron chi connectivity index (χ0n) is 11.5. The van der Waals surface area contributed by atoms with E-state index in [0.717, 1.165) is 13.1 Å². The zero-order chi connectivity index (χ0) is 14.2. The molecule has 0 spiro atoms. The number of alkyl halides is 3. The fourth-order valence-corrected chi connectivity index (χ4v) is 2.85. The fraction of sp³-hybridized carbons (Fsp3) is 0.769. The van der Waals surface area contributed by atoms with Crippen LogP contribution in [0.1, 0.15) is 55.6 Å². The summed E-state index contributed by atoms with van der Waals surface area (Å²) in [5.74, 6) is -0.174. The van der Waals surface area contributed by atoms with Crippen LogP contribution in [-0.4, -0.2) is 22.9 Å². The van der Waals surface area contributed by atoms with Gasteiger partial charge in [-0.2, -0.15) is 18.3 Å². The maximum atomic E-state index is 13.4. The van der Waals surface area contributed by atoms with E-state index in [1.54, 1.807) is 20.8 Å². The van der Waals surface area contributed by atoms with Crippen molar-refractivity contribution in [2.24, 2.45) is 0 Å². The molecule has 1 fully saturated rings. The summed E-state index contributed by atoms with van der Waals surface area (Å²) in [6, 6.07) is -0.149. The van der Waals surface area contributed by atoms with Crippen LogP contribution >= 0.6 is 0 Å². The highest BCUT2D eigenvalue weighted by Gasteiger charge is 2.41. The summed E-state index contributed by atoms with van der Waals surface area (Å²) >= 11 is 0. The van der Waals surface area contributed by atoms with Crippen LogP contribution in [0.4, 0.5) is 13.2 Å². The summed E-state index contributed by atoms with van der Waals surface area (Å²) in [6.07, 6.45) is -2.95. The molecule has 1 aromatic rings. The highest BCUT2D eigenvalue weighted by Crippen LogP contribution is 2.39. The van der Waals surface area contributed by atoms with Crippen molar-refractivity contribution in [1.29, 1.82) is 0 Å². The lowest BCUT2D eigenvalue weighted by Gasteiger charge is -2.26. The molecule has 1 aliphatic heterocycles. The van der Waals surface area contributed by atoms with Gasteiger partial charge in [-0.15, -0.1) is 0 Å². The standard InChI is InChI=1S/C13H20F3N3/c1-8(2)11-9(3)18-19(12(11)13(14,15)16)10-4-6-17-7-5-10/h8,10,17H,4-7H2,1-3H3. The largest absolute Gasteiger partial charge is 0.433 e. The van der Waals surface area contributed by atoms with Crippen LogP contribution in [0, 0.1) is 6.92 Å². The monoisotopic (exact) mass is 275 g/mol. The number of halogens is 3. The van der Waals surface area contributed by atoms with Crippen LogP contribution in [0.15, 0.2) is 0 Å². The molecule has 1 aliphatic rings. The van der Waals surface area contributed by atoms with Crippen LogP contribution in [0.2, 0.25) is 0 Å². The minimum atomic E-state index is -4.34. The molecule has 0 unspecified atom stereocenters. The average Bonchev–Trinajstić information content (AvgIpc) is 2.68. The molecular formula is C13H20F3N3. The molecule has 0 atom stereocenters. The van der Waals surface area contributed by atoms with E-state index in [1.807, 2.05) is 0 Å². The van der Waals surface area contributed by atoms with Crippen molar-refractivity contribution < 1.29 is 13.2 Å². The quantitative estimate of drug-likeness (QED) is 0.898. The van der Waals surface area contributed by atoms with Crippen LogP contribution in [0.25, 0.3) is 0 Å². The number of hydrogen-bond donors (Lipinski definition) is 1. The van der Waals surface area contributed by atoms with Crippen molar-refractivity contribution in [1.82, 2.24) is 15.1 Å². The van der Waals surface area contributed by atoms with Gasteiger partial charge in [-0.25, -0.2) is 0 Å². The highest BCUT2D eigenvalue weighted by molar-refractivity contribution is 5.31. The number of aryl methyl sites for hydroxylation is 1. The molecule has 0 aliphatic carbocycles. The second-order valence-electron chi connectivity index (χ2n) is 5.43. The summed E-state index contributed by atoms with van der Waals surface area (Å²) in [4.78, 5) is 0. The Bertz CT molecular complexity index is 443. The summed E-state index contributed by atoms with van der Waals surface area (Å²) in [7, 11) is 0. The third-order valence-electron chi connectivity index (χ3n) is 3.63. The number of rotatable bonds is 2. The first-order chi connectivity index (χ1) is 8.82. The van der Waals surface area contributed by atoms with Gasteiger partial charge in [0, 0.05) is 5.56 Å². The van der Waals surface area contributed by atoms with Gasteiger partial charge in [0.15, 0.2) is 0 Å². The lowest BCUT2D eigenvalue weighted by atomic mass is 9.99. The van der Waals surface area contributed by atoms with E-state index in [1.165, 1.54) is 4.68 Å². The predicted octanol–water partition coefficient (Wildman–Crippen LogP) is 3.26. The van der Waals surface area contributed by atoms with Crippen molar-refractivity contribution in [3.05, 3.63) is 17.0 Å². The Kier molecular flexibility index (Phi) is 3.90. The minimum absolute atomic E-state index is 0.149. The molecule has 1 N–H and O–H groups in total. The lowest BCUT2D eigenvalue weighted by molar-refractivity contribution is -0.146. The summed E-state index contributed by atoms with van der Waals surface area (Å²) in [5.41, 5.74) is 0.291. The van der Waals surface area contributed by atoms with Gasteiger partial charge in [-0.1, -0.05) is 13.8 Å². The van der Waals surface area contributed by atoms with E-state index >= 15 is 0 Å². The molecule has 19 heavy (non-hydrogen) atoms. The molecule has 0 saturated carbocycles. The van der Waals surface area contributed by atoms with Gasteiger partial charge in [-0.05, 0) is 38.8 Å². The maximum Gasteiger partial charge on any atom is 0.433 e. The number of hydrogen-bond acceptors (Lipinski definition) is 2. The second-order valence-corrected chi connectivity index (χ2v) is 5.43. The third-order valence-corrected chi connectivity index (χ3v) is 3.63. The molecule has 2 heterocycles. The van der Waals surface area contributed by atoms with E-state index in [-0.39, 0.29) is 12.0 Å². The SMILES string of the molecule is Cc1nn(C2CCNCC2)c(C(F)(F)F)c1C(C)C. The molecule has 0 aromatic carbocycles. The Morgan fingerprint density at radius 3 is 2.32 bits per heavy atom. The normalized spacial score (nSPS) is 18.3. The first kappa shape index (κ1) is 14.4. The van der Waals surface area contributed by atoms with E-state index in [9.17, 15) is 13.2 Å². The summed E-state index contributed by atoms with van der Waals surface area (Å²) in [6.45, 7) is 6.73. The van der Waals surface area contributed by atoms with Crippen LogP contribution in [0.3, 0.4) is 0 Å². The molecule has 2 rings (SSSR count). The Morgan fingerprint density at radius 2 is 1.84 bits per heavy atom. The van der Waals surface area contributed by atoms with Gasteiger partial charge < -0.3 is 5.32 Å². The van der Waals surface area contributed by atoms with Gasteiger partial charge >= 0.3 is 6.18 Å². The summed E-state index contributed by atoms with van der Waals surface area (Å²) in [5, 5.41) is 7.36. The van der Waals surface area contributed by atoms with E-state index < -0.39 is 11.9 Å². The predicted molar refractivity (Wildman–Crippen MR) is 67.2 cm³/mol. The molecule has 0 amide bonds. The Labute approximate surface area is 111 Å². The Morgan fingerprint density at radius 1 is 1.26 bits per heavy atom. The lowest BCUT2D eigenvalue weighted by Crippen LogP contribution is -2.32. The molecule has 6 heteroatoms. The van der Waals surface area contributed by atoms with Gasteiger partial charge in [-0.3, -0.25) is 4.68 Å². The highest BCUT2D eigenvalue weighted by atomic mass is 19.4. The van der Waals surface area contributed by atoms with E-state index in [2.05, 4.69) is 10.4 Å². The molecule has 0 bridgehead atoms. The average molecular weight is 275 g/mol. The first-order valence-electron chi connectivity index (χ1n) is 6.69. The Balaban J connectivity index is 2.51. The second kappa shape index (κ2) is 5.15. The number of aromatic nitrogens is 2. The van der Waals surface area contributed by atoms with Crippen LogP contribution in [0.5, 0.6) is 0 Å². The van der Waals surface area contributed by atoms with Gasteiger partial charge in [0.05, 0.1) is 11.7 Å². The first-order valence-corrected chi connectivity index (χ1v) is 6.69. The smallest absolute Gasteiger partial charge is 0.317 e. The van der Waals surface area contributed by atoms with Crippen molar-refractivity contribution >= 4 is 0 Å². The number of nitrogens with one attached hydrogen (secondary N) is 1. The zero-order valence-corrected chi connectivity index (χ0v) is 11.5. The number of nitrogens with zero attached hydrogens (tertiary/aromatic N) is 2. The molecule has 3 nitrogen and oxygen atoms in total. The molecule has 108 valence electrons. The van der Waals surface area contributed by atoms with Crippen LogP contribution in [-0.2, 0) is 6.18 Å². The third kappa shape index (κ3) is 2.78. The fourth-order valence-electron chi connectivity index (χ4n) is 2.85. The summed E-state index contributed by atoms with van der Waals surface area (Å²) < 4.78 is 41.3. The maximum absolute atomic E-state index is 13.4. The van der Waals surface area contributed by atoms with E-state index in [0.29, 0.717) is 24.1 Å². The Hall–Kier alpha value is -1.04. The number of piperidine rings is 1. The van der Waals surface area contributed by atoms with Crippen molar-refractivity contribution in [2.75, 3.05) is 13.1 Å². The molecule has 0 radical (unpaired) electrons. The van der Waals surface area contributed by atoms with Gasteiger partial charge in [0.25, 0.3) is 0 Å².